The van der Waals surface area contributed by atoms with Gasteiger partial charge < -0.3 is 4.90 Å². The second-order valence-electron chi connectivity index (χ2n) is 7.04. The molecule has 2 aromatic carbocycles. The number of carbonyl (C=O) groups excluding carboxylic acids is 1. The maximum absolute atomic E-state index is 13.4. The molecule has 0 N–H and O–H groups in total. The van der Waals surface area contributed by atoms with E-state index in [1.807, 2.05) is 47.5 Å². The fourth-order valence-corrected chi connectivity index (χ4v) is 3.77. The number of benzene rings is 2. The lowest BCUT2D eigenvalue weighted by molar-refractivity contribution is 0.0690. The van der Waals surface area contributed by atoms with Gasteiger partial charge in [-0.05, 0) is 61.1 Å². The Bertz CT molecular complexity index is 915. The van der Waals surface area contributed by atoms with Gasteiger partial charge in [-0.3, -0.25) is 4.79 Å². The van der Waals surface area contributed by atoms with E-state index in [-0.39, 0.29) is 11.7 Å². The maximum Gasteiger partial charge on any atom is 0.256 e. The number of nitrogens with zero attached hydrogens (tertiary/aromatic N) is 3. The van der Waals surface area contributed by atoms with Gasteiger partial charge in [0.15, 0.2) is 0 Å². The molecule has 2 heterocycles. The highest BCUT2D eigenvalue weighted by molar-refractivity contribution is 5.97. The second-order valence-corrected chi connectivity index (χ2v) is 7.04. The molecule has 0 atom stereocenters. The number of piperidine rings is 1. The first-order chi connectivity index (χ1) is 13.2. The van der Waals surface area contributed by atoms with Crippen LogP contribution < -0.4 is 0 Å². The minimum absolute atomic E-state index is 0.0466. The molecule has 0 aliphatic carbocycles. The lowest BCUT2D eigenvalue weighted by Gasteiger charge is -2.32. The van der Waals surface area contributed by atoms with Crippen molar-refractivity contribution in [3.8, 4) is 5.69 Å². The third kappa shape index (κ3) is 3.92. The average molecular weight is 363 g/mol. The second kappa shape index (κ2) is 7.74. The van der Waals surface area contributed by atoms with Crippen molar-refractivity contribution in [2.75, 3.05) is 13.1 Å². The van der Waals surface area contributed by atoms with E-state index in [1.54, 1.807) is 23.0 Å². The summed E-state index contributed by atoms with van der Waals surface area (Å²) in [5.74, 6) is 0.345. The summed E-state index contributed by atoms with van der Waals surface area (Å²) in [6, 6.07) is 16.2. The summed E-state index contributed by atoms with van der Waals surface area (Å²) in [6.45, 7) is 1.46. The molecule has 0 spiro atoms. The zero-order valence-electron chi connectivity index (χ0n) is 15.1. The smallest absolute Gasteiger partial charge is 0.256 e. The molecular weight excluding hydrogens is 341 g/mol. The topological polar surface area (TPSA) is 38.1 Å². The highest BCUT2D eigenvalue weighted by Gasteiger charge is 2.25. The first-order valence-corrected chi connectivity index (χ1v) is 9.33. The third-order valence-electron chi connectivity index (χ3n) is 5.20. The number of halogens is 1. The minimum atomic E-state index is -0.185. The molecule has 3 aromatic rings. The van der Waals surface area contributed by atoms with Crippen LogP contribution in [-0.4, -0.2) is 33.7 Å². The van der Waals surface area contributed by atoms with Crippen molar-refractivity contribution < 1.29 is 9.18 Å². The predicted octanol–water partition coefficient (Wildman–Crippen LogP) is 4.11. The summed E-state index contributed by atoms with van der Waals surface area (Å²) in [6.07, 6.45) is 6.29. The summed E-state index contributed by atoms with van der Waals surface area (Å²) >= 11 is 0. The molecule has 0 saturated carbocycles. The normalized spacial score (nSPS) is 15.1. The van der Waals surface area contributed by atoms with Crippen LogP contribution in [0, 0.1) is 11.7 Å². The van der Waals surface area contributed by atoms with Crippen LogP contribution in [0.4, 0.5) is 4.39 Å². The molecule has 1 amide bonds. The largest absolute Gasteiger partial charge is 0.339 e. The number of aromatic nitrogens is 2. The lowest BCUT2D eigenvalue weighted by atomic mass is 9.90. The van der Waals surface area contributed by atoms with Crippen LogP contribution in [0.15, 0.2) is 67.0 Å². The van der Waals surface area contributed by atoms with Gasteiger partial charge in [-0.2, -0.15) is 5.10 Å². The third-order valence-corrected chi connectivity index (χ3v) is 5.20. The van der Waals surface area contributed by atoms with Crippen molar-refractivity contribution in [2.45, 2.75) is 19.3 Å². The SMILES string of the molecule is O=C(c1ccccc1-n1cccn1)N1CCC(Cc2cccc(F)c2)CC1. The summed E-state index contributed by atoms with van der Waals surface area (Å²) < 4.78 is 15.1. The van der Waals surface area contributed by atoms with Crippen LogP contribution in [0.25, 0.3) is 5.69 Å². The van der Waals surface area contributed by atoms with E-state index in [0.29, 0.717) is 11.5 Å². The maximum atomic E-state index is 13.4. The summed E-state index contributed by atoms with van der Waals surface area (Å²) in [4.78, 5) is 15.0. The number of hydrogen-bond donors (Lipinski definition) is 0. The Morgan fingerprint density at radius 1 is 1.07 bits per heavy atom. The number of rotatable bonds is 4. The molecule has 138 valence electrons. The average Bonchev–Trinajstić information content (AvgIpc) is 3.23. The van der Waals surface area contributed by atoms with E-state index in [1.165, 1.54) is 6.07 Å². The van der Waals surface area contributed by atoms with Gasteiger partial charge in [-0.1, -0.05) is 24.3 Å². The molecule has 4 rings (SSSR count). The van der Waals surface area contributed by atoms with Crippen LogP contribution in [0.1, 0.15) is 28.8 Å². The molecule has 1 aliphatic rings. The van der Waals surface area contributed by atoms with E-state index in [0.717, 1.165) is 43.6 Å². The van der Waals surface area contributed by atoms with Gasteiger partial charge in [-0.25, -0.2) is 9.07 Å². The number of hydrogen-bond acceptors (Lipinski definition) is 2. The molecule has 1 saturated heterocycles. The standard InChI is InChI=1S/C22H22FN3O/c23-19-6-3-5-18(16-19)15-17-9-13-25(14-10-17)22(27)20-7-1-2-8-21(20)26-12-4-11-24-26/h1-8,11-12,16-17H,9-10,13-15H2. The van der Waals surface area contributed by atoms with E-state index in [9.17, 15) is 9.18 Å². The summed E-state index contributed by atoms with van der Waals surface area (Å²) in [7, 11) is 0. The molecule has 27 heavy (non-hydrogen) atoms. The molecule has 0 unspecified atom stereocenters. The Balaban J connectivity index is 1.42. The lowest BCUT2D eigenvalue weighted by Crippen LogP contribution is -2.39. The molecule has 5 heteroatoms. The van der Waals surface area contributed by atoms with E-state index < -0.39 is 0 Å². The van der Waals surface area contributed by atoms with Gasteiger partial charge in [-0.15, -0.1) is 0 Å². The first kappa shape index (κ1) is 17.5. The number of amides is 1. The Hall–Kier alpha value is -2.95. The first-order valence-electron chi connectivity index (χ1n) is 9.33. The fourth-order valence-electron chi connectivity index (χ4n) is 3.77. The molecule has 0 bridgehead atoms. The Morgan fingerprint density at radius 2 is 1.89 bits per heavy atom. The predicted molar refractivity (Wildman–Crippen MR) is 102 cm³/mol. The number of carbonyl (C=O) groups is 1. The van der Waals surface area contributed by atoms with E-state index in [4.69, 9.17) is 0 Å². The minimum Gasteiger partial charge on any atom is -0.339 e. The molecule has 1 fully saturated rings. The Kier molecular flexibility index (Phi) is 5.01. The van der Waals surface area contributed by atoms with Crippen LogP contribution >= 0.6 is 0 Å². The van der Waals surface area contributed by atoms with Crippen molar-refractivity contribution in [3.63, 3.8) is 0 Å². The van der Waals surface area contributed by atoms with Crippen molar-refractivity contribution in [1.82, 2.24) is 14.7 Å². The molecule has 1 aromatic heterocycles. The Labute approximate surface area is 158 Å². The van der Waals surface area contributed by atoms with Gasteiger partial charge in [0.05, 0.1) is 11.3 Å². The van der Waals surface area contributed by atoms with Crippen LogP contribution in [0.3, 0.4) is 0 Å². The van der Waals surface area contributed by atoms with E-state index in [2.05, 4.69) is 5.10 Å². The van der Waals surface area contributed by atoms with Crippen molar-refractivity contribution >= 4 is 5.91 Å². The highest BCUT2D eigenvalue weighted by Crippen LogP contribution is 2.24. The molecule has 4 nitrogen and oxygen atoms in total. The quantitative estimate of drug-likeness (QED) is 0.700. The summed E-state index contributed by atoms with van der Waals surface area (Å²) in [5.41, 5.74) is 2.50. The zero-order chi connectivity index (χ0) is 18.6. The molecule has 1 aliphatic heterocycles. The van der Waals surface area contributed by atoms with Gasteiger partial charge in [0.25, 0.3) is 5.91 Å². The number of likely N-dealkylation sites (tertiary alicyclic amines) is 1. The molecule has 0 radical (unpaired) electrons. The highest BCUT2D eigenvalue weighted by atomic mass is 19.1. The van der Waals surface area contributed by atoms with Gasteiger partial charge >= 0.3 is 0 Å². The van der Waals surface area contributed by atoms with Crippen LogP contribution in [0.2, 0.25) is 0 Å². The van der Waals surface area contributed by atoms with Crippen molar-refractivity contribution in [3.05, 3.63) is 83.9 Å². The zero-order valence-corrected chi connectivity index (χ0v) is 15.1. The van der Waals surface area contributed by atoms with Gasteiger partial charge in [0.1, 0.15) is 5.82 Å². The van der Waals surface area contributed by atoms with Crippen molar-refractivity contribution in [1.29, 1.82) is 0 Å². The van der Waals surface area contributed by atoms with Crippen LogP contribution in [0.5, 0.6) is 0 Å². The summed E-state index contributed by atoms with van der Waals surface area (Å²) in [5, 5.41) is 4.26. The number of para-hydroxylation sites is 1. The fraction of sp³-hybridized carbons (Fsp3) is 0.273. The Morgan fingerprint density at radius 3 is 2.63 bits per heavy atom. The molecular formula is C22H22FN3O. The van der Waals surface area contributed by atoms with Crippen molar-refractivity contribution in [2.24, 2.45) is 5.92 Å². The van der Waals surface area contributed by atoms with Gasteiger partial charge in [0, 0.05) is 25.5 Å². The monoisotopic (exact) mass is 363 g/mol. The van der Waals surface area contributed by atoms with Crippen LogP contribution in [-0.2, 0) is 6.42 Å². The van der Waals surface area contributed by atoms with E-state index >= 15 is 0 Å². The van der Waals surface area contributed by atoms with Gasteiger partial charge in [0.2, 0.25) is 0 Å².